The summed E-state index contributed by atoms with van der Waals surface area (Å²) in [6.07, 6.45) is 2.28. The van der Waals surface area contributed by atoms with Crippen molar-refractivity contribution in [2.24, 2.45) is 0 Å². The summed E-state index contributed by atoms with van der Waals surface area (Å²) in [6.45, 7) is 3.93. The highest BCUT2D eigenvalue weighted by Crippen LogP contribution is 2.26. The van der Waals surface area contributed by atoms with Crippen LogP contribution in [0.5, 0.6) is 0 Å². The first-order chi connectivity index (χ1) is 13.0. The summed E-state index contributed by atoms with van der Waals surface area (Å²) in [4.78, 5) is 20.9. The molecule has 2 aromatic carbocycles. The van der Waals surface area contributed by atoms with Crippen LogP contribution in [0.3, 0.4) is 0 Å². The minimum Gasteiger partial charge on any atom is -0.340 e. The standard InChI is InChI=1S/C20H18Cl2N4O/c1-3-13-4-6-15(25-19-8-12(2)23-11-24-19)10-18(13)26-20(27)16-7-5-14(21)9-17(16)22/h4-11H,3H2,1-2H3,(H,26,27)(H,23,24,25). The van der Waals surface area contributed by atoms with Gasteiger partial charge in [-0.1, -0.05) is 36.2 Å². The fraction of sp³-hybridized carbons (Fsp3) is 0.150. The number of halogens is 2. The maximum Gasteiger partial charge on any atom is 0.257 e. The second-order valence-corrected chi connectivity index (χ2v) is 6.82. The van der Waals surface area contributed by atoms with Gasteiger partial charge in [-0.05, 0) is 49.2 Å². The molecule has 0 fully saturated rings. The van der Waals surface area contributed by atoms with Crippen molar-refractivity contribution in [1.82, 2.24) is 9.97 Å². The molecule has 0 aliphatic heterocycles. The quantitative estimate of drug-likeness (QED) is 0.580. The lowest BCUT2D eigenvalue weighted by molar-refractivity contribution is 0.102. The van der Waals surface area contributed by atoms with Gasteiger partial charge in [0.1, 0.15) is 12.1 Å². The van der Waals surface area contributed by atoms with E-state index in [4.69, 9.17) is 23.2 Å². The maximum atomic E-state index is 12.6. The Bertz CT molecular complexity index is 991. The summed E-state index contributed by atoms with van der Waals surface area (Å²) in [6, 6.07) is 12.4. The fourth-order valence-electron chi connectivity index (χ4n) is 2.61. The molecule has 0 saturated heterocycles. The van der Waals surface area contributed by atoms with Gasteiger partial charge >= 0.3 is 0 Å². The molecule has 0 saturated carbocycles. The van der Waals surface area contributed by atoms with Gasteiger partial charge in [-0.2, -0.15) is 0 Å². The molecular weight excluding hydrogens is 383 g/mol. The number of benzene rings is 2. The zero-order chi connectivity index (χ0) is 19.4. The SMILES string of the molecule is CCc1ccc(Nc2cc(C)ncn2)cc1NC(=O)c1ccc(Cl)cc1Cl. The molecule has 1 amide bonds. The zero-order valence-corrected chi connectivity index (χ0v) is 16.4. The van der Waals surface area contributed by atoms with E-state index >= 15 is 0 Å². The highest BCUT2D eigenvalue weighted by atomic mass is 35.5. The number of aryl methyl sites for hydroxylation is 2. The first-order valence-electron chi connectivity index (χ1n) is 8.41. The van der Waals surface area contributed by atoms with Crippen LogP contribution in [0.2, 0.25) is 10.0 Å². The van der Waals surface area contributed by atoms with Crippen LogP contribution in [0, 0.1) is 6.92 Å². The van der Waals surface area contributed by atoms with Crippen LogP contribution < -0.4 is 10.6 Å². The van der Waals surface area contributed by atoms with Crippen molar-refractivity contribution in [2.75, 3.05) is 10.6 Å². The summed E-state index contributed by atoms with van der Waals surface area (Å²) in [5, 5.41) is 6.95. The van der Waals surface area contributed by atoms with Crippen LogP contribution in [0.1, 0.15) is 28.5 Å². The van der Waals surface area contributed by atoms with Gasteiger partial charge in [-0.3, -0.25) is 4.79 Å². The predicted octanol–water partition coefficient (Wildman–Crippen LogP) is 5.65. The van der Waals surface area contributed by atoms with Crippen molar-refractivity contribution in [3.05, 3.63) is 75.7 Å². The number of rotatable bonds is 5. The van der Waals surface area contributed by atoms with E-state index in [0.29, 0.717) is 27.1 Å². The molecule has 2 N–H and O–H groups in total. The maximum absolute atomic E-state index is 12.6. The highest BCUT2D eigenvalue weighted by Gasteiger charge is 2.13. The Kier molecular flexibility index (Phi) is 5.94. The van der Waals surface area contributed by atoms with Gasteiger partial charge in [0, 0.05) is 28.2 Å². The van der Waals surface area contributed by atoms with Gasteiger partial charge in [0.25, 0.3) is 5.91 Å². The molecular formula is C20H18Cl2N4O. The molecule has 1 aromatic heterocycles. The lowest BCUT2D eigenvalue weighted by atomic mass is 10.1. The van der Waals surface area contributed by atoms with Gasteiger partial charge in [0.05, 0.1) is 10.6 Å². The minimum atomic E-state index is -0.290. The van der Waals surface area contributed by atoms with Crippen molar-refractivity contribution in [1.29, 1.82) is 0 Å². The third kappa shape index (κ3) is 4.76. The summed E-state index contributed by atoms with van der Waals surface area (Å²) in [5.74, 6) is 0.395. The Morgan fingerprint density at radius 1 is 1.07 bits per heavy atom. The molecule has 0 radical (unpaired) electrons. The molecule has 27 heavy (non-hydrogen) atoms. The van der Waals surface area contributed by atoms with Crippen molar-refractivity contribution < 1.29 is 4.79 Å². The smallest absolute Gasteiger partial charge is 0.257 e. The van der Waals surface area contributed by atoms with Crippen LogP contribution in [0.4, 0.5) is 17.2 Å². The van der Waals surface area contributed by atoms with Crippen molar-refractivity contribution in [3.8, 4) is 0 Å². The molecule has 3 rings (SSSR count). The lowest BCUT2D eigenvalue weighted by Gasteiger charge is -2.14. The number of carbonyl (C=O) groups is 1. The van der Waals surface area contributed by atoms with Crippen LogP contribution in [-0.2, 0) is 6.42 Å². The molecule has 0 bridgehead atoms. The van der Waals surface area contributed by atoms with E-state index in [1.807, 2.05) is 38.1 Å². The van der Waals surface area contributed by atoms with E-state index in [9.17, 15) is 4.79 Å². The molecule has 3 aromatic rings. The highest BCUT2D eigenvalue weighted by molar-refractivity contribution is 6.37. The number of nitrogens with zero attached hydrogens (tertiary/aromatic N) is 2. The minimum absolute atomic E-state index is 0.290. The summed E-state index contributed by atoms with van der Waals surface area (Å²) in [7, 11) is 0. The van der Waals surface area contributed by atoms with E-state index in [1.165, 1.54) is 6.33 Å². The van der Waals surface area contributed by atoms with Crippen LogP contribution in [0.25, 0.3) is 0 Å². The number of hydrogen-bond donors (Lipinski definition) is 2. The van der Waals surface area contributed by atoms with E-state index in [-0.39, 0.29) is 5.91 Å². The fourth-order valence-corrected chi connectivity index (χ4v) is 3.11. The van der Waals surface area contributed by atoms with E-state index in [2.05, 4.69) is 20.6 Å². The molecule has 7 heteroatoms. The third-order valence-corrected chi connectivity index (χ3v) is 4.54. The summed E-state index contributed by atoms with van der Waals surface area (Å²) < 4.78 is 0. The van der Waals surface area contributed by atoms with Gasteiger partial charge in [0.15, 0.2) is 0 Å². The number of carbonyl (C=O) groups excluding carboxylic acids is 1. The normalized spacial score (nSPS) is 10.5. The van der Waals surface area contributed by atoms with Crippen LogP contribution >= 0.6 is 23.2 Å². The van der Waals surface area contributed by atoms with Crippen molar-refractivity contribution >= 4 is 46.3 Å². The molecule has 0 aliphatic carbocycles. The Hall–Kier alpha value is -2.63. The van der Waals surface area contributed by atoms with E-state index in [0.717, 1.165) is 23.4 Å². The lowest BCUT2D eigenvalue weighted by Crippen LogP contribution is -2.14. The second kappa shape index (κ2) is 8.37. The Labute approximate surface area is 167 Å². The number of nitrogens with one attached hydrogen (secondary N) is 2. The summed E-state index contributed by atoms with van der Waals surface area (Å²) >= 11 is 12.0. The molecule has 0 atom stereocenters. The third-order valence-electron chi connectivity index (χ3n) is 3.99. The van der Waals surface area contributed by atoms with Crippen molar-refractivity contribution in [2.45, 2.75) is 20.3 Å². The molecule has 1 heterocycles. The molecule has 138 valence electrons. The largest absolute Gasteiger partial charge is 0.340 e. The van der Waals surface area contributed by atoms with Gasteiger partial charge in [-0.15, -0.1) is 0 Å². The second-order valence-electron chi connectivity index (χ2n) is 5.97. The van der Waals surface area contributed by atoms with E-state index in [1.54, 1.807) is 18.2 Å². The zero-order valence-electron chi connectivity index (χ0n) is 14.9. The number of anilines is 3. The molecule has 5 nitrogen and oxygen atoms in total. The Balaban J connectivity index is 1.86. The average Bonchev–Trinajstić information content (AvgIpc) is 2.62. The number of aromatic nitrogens is 2. The number of amides is 1. The van der Waals surface area contributed by atoms with Crippen LogP contribution in [-0.4, -0.2) is 15.9 Å². The molecule has 0 aliphatic rings. The topological polar surface area (TPSA) is 66.9 Å². The first kappa shape index (κ1) is 19.1. The average molecular weight is 401 g/mol. The van der Waals surface area contributed by atoms with Gasteiger partial charge < -0.3 is 10.6 Å². The predicted molar refractivity (Wildman–Crippen MR) is 110 cm³/mol. The van der Waals surface area contributed by atoms with Crippen LogP contribution in [0.15, 0.2) is 48.8 Å². The van der Waals surface area contributed by atoms with Crippen molar-refractivity contribution in [3.63, 3.8) is 0 Å². The van der Waals surface area contributed by atoms with Gasteiger partial charge in [0.2, 0.25) is 0 Å². The Morgan fingerprint density at radius 2 is 1.89 bits per heavy atom. The summed E-state index contributed by atoms with van der Waals surface area (Å²) in [5.41, 5.74) is 3.77. The number of hydrogen-bond acceptors (Lipinski definition) is 4. The monoisotopic (exact) mass is 400 g/mol. The van der Waals surface area contributed by atoms with E-state index < -0.39 is 0 Å². The Morgan fingerprint density at radius 3 is 2.59 bits per heavy atom. The molecule has 0 spiro atoms. The molecule has 0 unspecified atom stereocenters. The first-order valence-corrected chi connectivity index (χ1v) is 9.17. The van der Waals surface area contributed by atoms with Gasteiger partial charge in [-0.25, -0.2) is 9.97 Å².